The third-order valence-electron chi connectivity index (χ3n) is 1.79. The van der Waals surface area contributed by atoms with Crippen molar-refractivity contribution < 1.29 is 14.9 Å². The van der Waals surface area contributed by atoms with Gasteiger partial charge in [0.05, 0.1) is 7.11 Å². The van der Waals surface area contributed by atoms with Gasteiger partial charge in [0.25, 0.3) is 0 Å². The molecule has 3 nitrogen and oxygen atoms in total. The van der Waals surface area contributed by atoms with E-state index in [1.54, 1.807) is 18.2 Å². The highest BCUT2D eigenvalue weighted by Gasteiger charge is 2.11. The fraction of sp³-hybridized carbons (Fsp3) is 0.200. The third kappa shape index (κ3) is 1.81. The maximum absolute atomic E-state index is 9.56. The van der Waals surface area contributed by atoms with Crippen LogP contribution in [-0.4, -0.2) is 17.3 Å². The zero-order chi connectivity index (χ0) is 9.84. The number of aromatic hydroxyl groups is 1. The number of phenolic OH excluding ortho intramolecular Hbond substituents is 1. The summed E-state index contributed by atoms with van der Waals surface area (Å²) >= 11 is 0. The van der Waals surface area contributed by atoms with E-state index in [1.807, 2.05) is 0 Å². The number of ether oxygens (including phenoxy) is 1. The van der Waals surface area contributed by atoms with Gasteiger partial charge in [0.1, 0.15) is 6.10 Å². The van der Waals surface area contributed by atoms with E-state index >= 15 is 0 Å². The molecule has 0 heterocycles. The standard InChI is InChI=1S/C10H12O3/c1-3-8(11)7-5-4-6-9(13-2)10(7)12/h3-6,8,11-12H,1H2,2H3. The first-order valence-corrected chi connectivity index (χ1v) is 3.87. The van der Waals surface area contributed by atoms with Gasteiger partial charge in [-0.05, 0) is 6.07 Å². The molecule has 0 bridgehead atoms. The van der Waals surface area contributed by atoms with Gasteiger partial charge in [0.15, 0.2) is 11.5 Å². The van der Waals surface area contributed by atoms with Crippen molar-refractivity contribution in [3.8, 4) is 11.5 Å². The van der Waals surface area contributed by atoms with Crippen molar-refractivity contribution in [2.75, 3.05) is 7.11 Å². The molecular weight excluding hydrogens is 168 g/mol. The lowest BCUT2D eigenvalue weighted by Gasteiger charge is -2.10. The minimum absolute atomic E-state index is 0.0441. The van der Waals surface area contributed by atoms with Crippen molar-refractivity contribution >= 4 is 0 Å². The third-order valence-corrected chi connectivity index (χ3v) is 1.79. The summed E-state index contributed by atoms with van der Waals surface area (Å²) in [6.07, 6.45) is 0.476. The van der Waals surface area contributed by atoms with Gasteiger partial charge < -0.3 is 14.9 Å². The maximum Gasteiger partial charge on any atom is 0.163 e. The Kier molecular flexibility index (Phi) is 2.93. The number of hydrogen-bond acceptors (Lipinski definition) is 3. The Morgan fingerprint density at radius 1 is 1.54 bits per heavy atom. The molecule has 1 rings (SSSR count). The van der Waals surface area contributed by atoms with Crippen LogP contribution in [-0.2, 0) is 0 Å². The molecule has 0 amide bonds. The van der Waals surface area contributed by atoms with Crippen molar-refractivity contribution in [2.45, 2.75) is 6.10 Å². The van der Waals surface area contributed by atoms with E-state index in [0.29, 0.717) is 11.3 Å². The van der Waals surface area contributed by atoms with E-state index in [1.165, 1.54) is 13.2 Å². The highest BCUT2D eigenvalue weighted by atomic mass is 16.5. The molecule has 0 spiro atoms. The zero-order valence-corrected chi connectivity index (χ0v) is 7.40. The number of methoxy groups -OCH3 is 1. The van der Waals surface area contributed by atoms with Crippen LogP contribution in [0.5, 0.6) is 11.5 Å². The Hall–Kier alpha value is -1.48. The van der Waals surface area contributed by atoms with E-state index in [9.17, 15) is 10.2 Å². The number of benzene rings is 1. The Bertz CT molecular complexity index is 307. The monoisotopic (exact) mass is 180 g/mol. The van der Waals surface area contributed by atoms with Gasteiger partial charge in [0, 0.05) is 5.56 Å². The van der Waals surface area contributed by atoms with E-state index < -0.39 is 6.10 Å². The molecule has 0 radical (unpaired) electrons. The van der Waals surface area contributed by atoms with E-state index in [4.69, 9.17) is 4.74 Å². The second kappa shape index (κ2) is 3.96. The Morgan fingerprint density at radius 3 is 2.77 bits per heavy atom. The molecule has 13 heavy (non-hydrogen) atoms. The average Bonchev–Trinajstić information content (AvgIpc) is 2.17. The van der Waals surface area contributed by atoms with Gasteiger partial charge in [0.2, 0.25) is 0 Å². The van der Waals surface area contributed by atoms with Gasteiger partial charge in [-0.25, -0.2) is 0 Å². The zero-order valence-electron chi connectivity index (χ0n) is 7.40. The molecule has 0 saturated carbocycles. The molecule has 1 aromatic carbocycles. The molecule has 0 aliphatic heterocycles. The van der Waals surface area contributed by atoms with Crippen molar-refractivity contribution in [1.29, 1.82) is 0 Å². The predicted octanol–water partition coefficient (Wildman–Crippen LogP) is 1.62. The summed E-state index contributed by atoms with van der Waals surface area (Å²) in [6.45, 7) is 3.43. The molecule has 2 N–H and O–H groups in total. The normalized spacial score (nSPS) is 12.2. The molecule has 0 saturated heterocycles. The number of aliphatic hydroxyl groups excluding tert-OH is 1. The lowest BCUT2D eigenvalue weighted by molar-refractivity contribution is 0.222. The molecular formula is C10H12O3. The van der Waals surface area contributed by atoms with Gasteiger partial charge in [-0.2, -0.15) is 0 Å². The van der Waals surface area contributed by atoms with Crippen LogP contribution in [0.25, 0.3) is 0 Å². The molecule has 0 aliphatic carbocycles. The van der Waals surface area contributed by atoms with Gasteiger partial charge >= 0.3 is 0 Å². The van der Waals surface area contributed by atoms with Gasteiger partial charge in [-0.15, -0.1) is 6.58 Å². The summed E-state index contributed by atoms with van der Waals surface area (Å²) < 4.78 is 4.88. The smallest absolute Gasteiger partial charge is 0.163 e. The Balaban J connectivity index is 3.14. The van der Waals surface area contributed by atoms with Crippen molar-refractivity contribution in [3.63, 3.8) is 0 Å². The van der Waals surface area contributed by atoms with Gasteiger partial charge in [-0.3, -0.25) is 0 Å². The van der Waals surface area contributed by atoms with Crippen LogP contribution in [0.4, 0.5) is 0 Å². The van der Waals surface area contributed by atoms with E-state index in [-0.39, 0.29) is 5.75 Å². The number of aliphatic hydroxyl groups is 1. The van der Waals surface area contributed by atoms with Crippen molar-refractivity contribution in [1.82, 2.24) is 0 Å². The molecule has 1 unspecified atom stereocenters. The quantitative estimate of drug-likeness (QED) is 0.695. The number of phenols is 1. The maximum atomic E-state index is 9.56. The summed E-state index contributed by atoms with van der Waals surface area (Å²) in [4.78, 5) is 0. The van der Waals surface area contributed by atoms with Crippen LogP contribution in [0.1, 0.15) is 11.7 Å². The molecule has 0 fully saturated rings. The summed E-state index contributed by atoms with van der Waals surface area (Å²) in [7, 11) is 1.46. The highest BCUT2D eigenvalue weighted by Crippen LogP contribution is 2.33. The molecule has 0 aromatic heterocycles. The predicted molar refractivity (Wildman–Crippen MR) is 49.8 cm³/mol. The summed E-state index contributed by atoms with van der Waals surface area (Å²) in [5, 5.41) is 19.0. The number of rotatable bonds is 3. The molecule has 1 aromatic rings. The molecule has 70 valence electrons. The second-order valence-electron chi connectivity index (χ2n) is 2.58. The number of hydrogen-bond donors (Lipinski definition) is 2. The van der Waals surface area contributed by atoms with Crippen molar-refractivity contribution in [2.24, 2.45) is 0 Å². The average molecular weight is 180 g/mol. The Morgan fingerprint density at radius 2 is 2.23 bits per heavy atom. The first-order valence-electron chi connectivity index (χ1n) is 3.87. The van der Waals surface area contributed by atoms with Crippen LogP contribution in [0.15, 0.2) is 30.9 Å². The minimum Gasteiger partial charge on any atom is -0.504 e. The fourth-order valence-corrected chi connectivity index (χ4v) is 1.07. The second-order valence-corrected chi connectivity index (χ2v) is 2.58. The van der Waals surface area contributed by atoms with E-state index in [2.05, 4.69) is 6.58 Å². The lowest BCUT2D eigenvalue weighted by Crippen LogP contribution is -1.94. The highest BCUT2D eigenvalue weighted by molar-refractivity contribution is 5.47. The molecule has 1 atom stereocenters. The van der Waals surface area contributed by atoms with Crippen LogP contribution in [0, 0.1) is 0 Å². The van der Waals surface area contributed by atoms with E-state index in [0.717, 1.165) is 0 Å². The fourth-order valence-electron chi connectivity index (χ4n) is 1.07. The van der Waals surface area contributed by atoms with Crippen LogP contribution in [0.2, 0.25) is 0 Å². The molecule has 0 aliphatic rings. The minimum atomic E-state index is -0.866. The largest absolute Gasteiger partial charge is 0.504 e. The van der Waals surface area contributed by atoms with Crippen molar-refractivity contribution in [3.05, 3.63) is 36.4 Å². The first kappa shape index (κ1) is 9.61. The van der Waals surface area contributed by atoms with Crippen LogP contribution < -0.4 is 4.74 Å². The molecule has 3 heteroatoms. The first-order chi connectivity index (χ1) is 6.20. The summed E-state index contributed by atoms with van der Waals surface area (Å²) in [5.74, 6) is 0.302. The number of para-hydroxylation sites is 1. The Labute approximate surface area is 76.9 Å². The SMILES string of the molecule is C=CC(O)c1cccc(OC)c1O. The van der Waals surface area contributed by atoms with Gasteiger partial charge in [-0.1, -0.05) is 18.2 Å². The summed E-state index contributed by atoms with van der Waals surface area (Å²) in [5.41, 5.74) is 0.398. The topological polar surface area (TPSA) is 49.7 Å². The van der Waals surface area contributed by atoms with Crippen LogP contribution >= 0.6 is 0 Å². The van der Waals surface area contributed by atoms with Crippen LogP contribution in [0.3, 0.4) is 0 Å². The summed E-state index contributed by atoms with van der Waals surface area (Å²) in [6, 6.07) is 4.93. The lowest BCUT2D eigenvalue weighted by atomic mass is 10.1.